The third-order valence-electron chi connectivity index (χ3n) is 7.07. The Hall–Kier alpha value is -3.25. The molecule has 3 atom stereocenters. The first-order chi connectivity index (χ1) is 17.0. The predicted molar refractivity (Wildman–Crippen MR) is 137 cm³/mol. The van der Waals surface area contributed by atoms with Crippen molar-refractivity contribution in [1.82, 2.24) is 5.32 Å². The normalized spacial score (nSPS) is 21.9. The second kappa shape index (κ2) is 11.5. The number of carbonyl (C=O) groups is 2. The van der Waals surface area contributed by atoms with E-state index in [0.29, 0.717) is 32.4 Å². The molecule has 2 aliphatic rings. The zero-order chi connectivity index (χ0) is 24.8. The van der Waals surface area contributed by atoms with Crippen molar-refractivity contribution < 1.29 is 19.1 Å². The largest absolute Gasteiger partial charge is 0.496 e. The van der Waals surface area contributed by atoms with Crippen LogP contribution in [0, 0.1) is 11.8 Å². The lowest BCUT2D eigenvalue weighted by Crippen LogP contribution is -2.44. The smallest absolute Gasteiger partial charge is 0.229 e. The molecule has 0 radical (unpaired) electrons. The van der Waals surface area contributed by atoms with E-state index in [9.17, 15) is 9.59 Å². The van der Waals surface area contributed by atoms with Crippen LogP contribution in [0.4, 0.5) is 0 Å². The molecule has 35 heavy (non-hydrogen) atoms. The number of para-hydroxylation sites is 1. The van der Waals surface area contributed by atoms with Crippen molar-refractivity contribution in [2.24, 2.45) is 16.8 Å². The van der Waals surface area contributed by atoms with E-state index >= 15 is 0 Å². The van der Waals surface area contributed by atoms with Gasteiger partial charge in [-0.2, -0.15) is 0 Å². The molecule has 1 aliphatic heterocycles. The van der Waals surface area contributed by atoms with Crippen LogP contribution < -0.4 is 10.1 Å². The average Bonchev–Trinajstić information content (AvgIpc) is 2.87. The molecule has 184 valence electrons. The summed E-state index contributed by atoms with van der Waals surface area (Å²) in [5, 5.41) is 2.98. The fourth-order valence-electron chi connectivity index (χ4n) is 5.44. The zero-order valence-electron chi connectivity index (χ0n) is 20.8. The summed E-state index contributed by atoms with van der Waals surface area (Å²) in [7, 11) is 3.27. The molecule has 1 heterocycles. The van der Waals surface area contributed by atoms with Gasteiger partial charge < -0.3 is 14.8 Å². The van der Waals surface area contributed by atoms with Gasteiger partial charge in [-0.25, -0.2) is 0 Å². The highest BCUT2D eigenvalue weighted by Crippen LogP contribution is 2.45. The fourth-order valence-corrected chi connectivity index (χ4v) is 5.44. The van der Waals surface area contributed by atoms with Crippen LogP contribution in [0.1, 0.15) is 43.2 Å². The summed E-state index contributed by atoms with van der Waals surface area (Å²) in [5.74, 6) is 0.147. The maximum atomic E-state index is 13.6. The molecule has 2 aromatic carbocycles. The Balaban J connectivity index is 1.66. The zero-order valence-corrected chi connectivity index (χ0v) is 20.8. The fraction of sp³-hybridized carbons (Fsp3) is 0.414. The number of allylic oxidation sites excluding steroid dienone is 2. The SMILES string of the molecule is COCCNC(=O)C1C(C)=NC2=C(C(=O)CC(c3ccccc3OC)C2)C1CCc1ccccc1. The number of hydrogen-bond donors (Lipinski definition) is 1. The van der Waals surface area contributed by atoms with Crippen LogP contribution in [-0.2, 0) is 20.7 Å². The summed E-state index contributed by atoms with van der Waals surface area (Å²) < 4.78 is 10.7. The molecule has 3 unspecified atom stereocenters. The molecule has 1 amide bonds. The van der Waals surface area contributed by atoms with Crippen molar-refractivity contribution in [3.05, 3.63) is 77.0 Å². The molecule has 6 nitrogen and oxygen atoms in total. The highest BCUT2D eigenvalue weighted by atomic mass is 16.5. The summed E-state index contributed by atoms with van der Waals surface area (Å²) in [5.41, 5.74) is 4.56. The number of carbonyl (C=O) groups excluding carboxylic acids is 2. The van der Waals surface area contributed by atoms with E-state index in [1.165, 1.54) is 5.56 Å². The second-order valence-electron chi connectivity index (χ2n) is 9.28. The van der Waals surface area contributed by atoms with E-state index in [4.69, 9.17) is 14.5 Å². The van der Waals surface area contributed by atoms with Crippen LogP contribution in [0.2, 0.25) is 0 Å². The number of aliphatic imine (C=N–C) groups is 1. The molecule has 6 heteroatoms. The van der Waals surface area contributed by atoms with Gasteiger partial charge in [0.05, 0.1) is 19.6 Å². The summed E-state index contributed by atoms with van der Waals surface area (Å²) in [6, 6.07) is 18.1. The minimum Gasteiger partial charge on any atom is -0.496 e. The molecule has 0 fully saturated rings. The Bertz CT molecular complexity index is 1120. The number of amides is 1. The number of hydrogen-bond acceptors (Lipinski definition) is 5. The van der Waals surface area contributed by atoms with Gasteiger partial charge in [0.1, 0.15) is 5.75 Å². The van der Waals surface area contributed by atoms with Gasteiger partial charge in [0, 0.05) is 48.9 Å². The van der Waals surface area contributed by atoms with Gasteiger partial charge in [0.2, 0.25) is 5.91 Å². The number of ether oxygens (including phenoxy) is 2. The van der Waals surface area contributed by atoms with Crippen molar-refractivity contribution in [3.63, 3.8) is 0 Å². The summed E-state index contributed by atoms with van der Waals surface area (Å²) >= 11 is 0. The number of aryl methyl sites for hydroxylation is 1. The Morgan fingerprint density at radius 1 is 1.06 bits per heavy atom. The first-order valence-corrected chi connectivity index (χ1v) is 12.3. The molecule has 1 aliphatic carbocycles. The maximum Gasteiger partial charge on any atom is 0.229 e. The van der Waals surface area contributed by atoms with Crippen LogP contribution >= 0.6 is 0 Å². The lowest BCUT2D eigenvalue weighted by molar-refractivity contribution is -0.124. The van der Waals surface area contributed by atoms with E-state index in [-0.39, 0.29) is 23.5 Å². The first kappa shape index (κ1) is 24.9. The average molecular weight is 475 g/mol. The van der Waals surface area contributed by atoms with Crippen LogP contribution in [0.5, 0.6) is 5.75 Å². The van der Waals surface area contributed by atoms with Gasteiger partial charge >= 0.3 is 0 Å². The van der Waals surface area contributed by atoms with Gasteiger partial charge in [0.25, 0.3) is 0 Å². The lowest BCUT2D eigenvalue weighted by Gasteiger charge is -2.37. The summed E-state index contributed by atoms with van der Waals surface area (Å²) in [4.78, 5) is 31.8. The number of benzene rings is 2. The topological polar surface area (TPSA) is 77.0 Å². The minimum absolute atomic E-state index is 0.0100. The third-order valence-corrected chi connectivity index (χ3v) is 7.07. The Morgan fingerprint density at radius 2 is 1.80 bits per heavy atom. The van der Waals surface area contributed by atoms with Crippen molar-refractivity contribution in [1.29, 1.82) is 0 Å². The molecule has 0 spiro atoms. The van der Waals surface area contributed by atoms with Crippen LogP contribution in [0.3, 0.4) is 0 Å². The van der Waals surface area contributed by atoms with Crippen molar-refractivity contribution in [2.45, 2.75) is 38.5 Å². The number of methoxy groups -OCH3 is 2. The quantitative estimate of drug-likeness (QED) is 0.543. The molecule has 1 N–H and O–H groups in total. The monoisotopic (exact) mass is 474 g/mol. The lowest BCUT2D eigenvalue weighted by atomic mass is 9.69. The van der Waals surface area contributed by atoms with Gasteiger partial charge in [-0.15, -0.1) is 0 Å². The van der Waals surface area contributed by atoms with Gasteiger partial charge in [-0.1, -0.05) is 48.5 Å². The van der Waals surface area contributed by atoms with E-state index in [1.54, 1.807) is 14.2 Å². The molecule has 0 aromatic heterocycles. The van der Waals surface area contributed by atoms with E-state index in [2.05, 4.69) is 17.4 Å². The Labute approximate surface area is 207 Å². The first-order valence-electron chi connectivity index (χ1n) is 12.3. The third kappa shape index (κ3) is 5.54. The Morgan fingerprint density at radius 3 is 2.54 bits per heavy atom. The molecule has 4 rings (SSSR count). The van der Waals surface area contributed by atoms with E-state index in [1.807, 2.05) is 49.4 Å². The molecule has 0 bridgehead atoms. The number of Topliss-reactive ketones (excluding diaryl/α,β-unsaturated/α-hetero) is 1. The second-order valence-corrected chi connectivity index (χ2v) is 9.28. The van der Waals surface area contributed by atoms with Gasteiger partial charge in [0.15, 0.2) is 5.78 Å². The van der Waals surface area contributed by atoms with E-state index < -0.39 is 5.92 Å². The number of nitrogens with one attached hydrogen (secondary N) is 1. The molecule has 2 aromatic rings. The molecular weight excluding hydrogens is 440 g/mol. The van der Waals surface area contributed by atoms with Crippen molar-refractivity contribution in [2.75, 3.05) is 27.4 Å². The summed E-state index contributed by atoms with van der Waals surface area (Å²) in [6.07, 6.45) is 2.57. The Kier molecular flexibility index (Phi) is 8.13. The van der Waals surface area contributed by atoms with E-state index in [0.717, 1.165) is 34.7 Å². The van der Waals surface area contributed by atoms with Crippen LogP contribution in [0.25, 0.3) is 0 Å². The minimum atomic E-state index is -0.457. The highest BCUT2D eigenvalue weighted by Gasteiger charge is 2.43. The van der Waals surface area contributed by atoms with Crippen molar-refractivity contribution in [3.8, 4) is 5.75 Å². The highest BCUT2D eigenvalue weighted by molar-refractivity contribution is 6.09. The van der Waals surface area contributed by atoms with Crippen LogP contribution in [0.15, 0.2) is 70.9 Å². The number of ketones is 1. The maximum absolute atomic E-state index is 13.6. The van der Waals surface area contributed by atoms with Crippen LogP contribution in [-0.4, -0.2) is 44.8 Å². The molecular formula is C29H34N2O4. The molecule has 0 saturated heterocycles. The van der Waals surface area contributed by atoms with Gasteiger partial charge in [-0.3, -0.25) is 14.6 Å². The summed E-state index contributed by atoms with van der Waals surface area (Å²) in [6.45, 7) is 2.79. The number of nitrogens with zero attached hydrogens (tertiary/aromatic N) is 1. The number of rotatable bonds is 9. The molecule has 0 saturated carbocycles. The van der Waals surface area contributed by atoms with Gasteiger partial charge in [-0.05, 0) is 43.4 Å². The predicted octanol–water partition coefficient (Wildman–Crippen LogP) is 4.50. The van der Waals surface area contributed by atoms with Crippen molar-refractivity contribution >= 4 is 17.4 Å². The standard InChI is InChI=1S/C29H34N2O4/c1-19-27(29(33)30-15-16-34-2)23(14-13-20-9-5-4-6-10-20)28-24(31-19)17-21(18-25(28)32)22-11-7-8-12-26(22)35-3/h4-12,21,23,27H,13-18H2,1-3H3,(H,30,33).